The van der Waals surface area contributed by atoms with E-state index in [1.165, 1.54) is 30.0 Å². The highest BCUT2D eigenvalue weighted by atomic mass is 79.9. The number of hydrogen-bond acceptors (Lipinski definition) is 6. The second-order valence-corrected chi connectivity index (χ2v) is 8.20. The van der Waals surface area contributed by atoms with Crippen molar-refractivity contribution in [2.45, 2.75) is 11.7 Å². The lowest BCUT2D eigenvalue weighted by molar-refractivity contribution is -0.384. The molecule has 0 bridgehead atoms. The maximum absolute atomic E-state index is 12.4. The molecule has 0 unspecified atom stereocenters. The number of halogens is 2. The first-order valence-electron chi connectivity index (χ1n) is 8.55. The molecule has 30 heavy (non-hydrogen) atoms. The standard InChI is InChI=1S/C19H15BrClN5O3S/c1-2-9-25-18(12-3-5-13(21)6-4-12)23-24-19(25)30-11-17(27)22-16-8-7-14(26(28)29)10-15(16)20/h2-8,10H,1,9,11H2,(H,22,27). The van der Waals surface area contributed by atoms with Gasteiger partial charge in [0, 0.05) is 33.7 Å². The molecule has 1 heterocycles. The average Bonchev–Trinajstić information content (AvgIpc) is 3.11. The van der Waals surface area contributed by atoms with Crippen LogP contribution in [-0.2, 0) is 11.3 Å². The SMILES string of the molecule is C=CCn1c(SCC(=O)Nc2ccc([N+](=O)[O-])cc2Br)nnc1-c1ccc(Cl)cc1. The van der Waals surface area contributed by atoms with Crippen LogP contribution in [0.3, 0.4) is 0 Å². The van der Waals surface area contributed by atoms with E-state index in [9.17, 15) is 14.9 Å². The number of nitro benzene ring substituents is 1. The Morgan fingerprint density at radius 2 is 2.03 bits per heavy atom. The highest BCUT2D eigenvalue weighted by Gasteiger charge is 2.16. The van der Waals surface area contributed by atoms with Gasteiger partial charge in [0.05, 0.1) is 16.4 Å². The molecule has 1 amide bonds. The third-order valence-corrected chi connectivity index (χ3v) is 5.78. The molecule has 2 aromatic carbocycles. The normalized spacial score (nSPS) is 10.6. The molecular formula is C19H15BrClN5O3S. The van der Waals surface area contributed by atoms with Crippen molar-refractivity contribution in [2.75, 3.05) is 11.1 Å². The van der Waals surface area contributed by atoms with Crippen LogP contribution < -0.4 is 5.32 Å². The fraction of sp³-hybridized carbons (Fsp3) is 0.105. The largest absolute Gasteiger partial charge is 0.324 e. The maximum Gasteiger partial charge on any atom is 0.270 e. The number of carbonyl (C=O) groups excluding carboxylic acids is 1. The van der Waals surface area contributed by atoms with E-state index in [1.54, 1.807) is 18.2 Å². The molecule has 8 nitrogen and oxygen atoms in total. The number of nitro groups is 1. The topological polar surface area (TPSA) is 103 Å². The van der Waals surface area contributed by atoms with Gasteiger partial charge in [-0.05, 0) is 46.3 Å². The second-order valence-electron chi connectivity index (χ2n) is 5.97. The van der Waals surface area contributed by atoms with Gasteiger partial charge in [0.15, 0.2) is 11.0 Å². The molecule has 0 aliphatic carbocycles. The van der Waals surface area contributed by atoms with Crippen LogP contribution >= 0.6 is 39.3 Å². The van der Waals surface area contributed by atoms with Crippen LogP contribution in [0.25, 0.3) is 11.4 Å². The van der Waals surface area contributed by atoms with E-state index < -0.39 is 4.92 Å². The van der Waals surface area contributed by atoms with Crippen molar-refractivity contribution in [1.82, 2.24) is 14.8 Å². The maximum atomic E-state index is 12.4. The first-order chi connectivity index (χ1) is 14.4. The predicted molar refractivity (Wildman–Crippen MR) is 121 cm³/mol. The van der Waals surface area contributed by atoms with Crippen molar-refractivity contribution in [3.63, 3.8) is 0 Å². The first-order valence-corrected chi connectivity index (χ1v) is 10.7. The van der Waals surface area contributed by atoms with Crippen LogP contribution in [0.4, 0.5) is 11.4 Å². The summed E-state index contributed by atoms with van der Waals surface area (Å²) in [4.78, 5) is 22.7. The predicted octanol–water partition coefficient (Wildman–Crippen LogP) is 5.19. The molecule has 154 valence electrons. The Bertz CT molecular complexity index is 1100. The molecule has 0 aliphatic heterocycles. The number of nitrogens with zero attached hydrogens (tertiary/aromatic N) is 4. The molecule has 0 saturated carbocycles. The molecule has 11 heteroatoms. The molecule has 0 spiro atoms. The third kappa shape index (κ3) is 5.26. The van der Waals surface area contributed by atoms with Gasteiger partial charge in [-0.1, -0.05) is 29.4 Å². The van der Waals surface area contributed by atoms with Crippen molar-refractivity contribution in [1.29, 1.82) is 0 Å². The summed E-state index contributed by atoms with van der Waals surface area (Å²) < 4.78 is 2.28. The molecular weight excluding hydrogens is 494 g/mol. The monoisotopic (exact) mass is 507 g/mol. The van der Waals surface area contributed by atoms with Gasteiger partial charge >= 0.3 is 0 Å². The van der Waals surface area contributed by atoms with Gasteiger partial charge in [0.2, 0.25) is 5.91 Å². The van der Waals surface area contributed by atoms with Crippen LogP contribution in [-0.4, -0.2) is 31.3 Å². The minimum absolute atomic E-state index is 0.0681. The lowest BCUT2D eigenvalue weighted by Gasteiger charge is -2.09. The van der Waals surface area contributed by atoms with E-state index in [4.69, 9.17) is 11.6 Å². The molecule has 0 fully saturated rings. The summed E-state index contributed by atoms with van der Waals surface area (Å²) in [5, 5.41) is 23.2. The lowest BCUT2D eigenvalue weighted by atomic mass is 10.2. The molecule has 3 rings (SSSR count). The number of carbonyl (C=O) groups is 1. The zero-order valence-corrected chi connectivity index (χ0v) is 18.6. The van der Waals surface area contributed by atoms with E-state index in [-0.39, 0.29) is 17.3 Å². The van der Waals surface area contributed by atoms with Gasteiger partial charge in [0.1, 0.15) is 0 Å². The Labute approximate surface area is 189 Å². The number of nitrogens with one attached hydrogen (secondary N) is 1. The summed E-state index contributed by atoms with van der Waals surface area (Å²) in [5.41, 5.74) is 1.22. The zero-order chi connectivity index (χ0) is 21.7. The number of hydrogen-bond donors (Lipinski definition) is 1. The summed E-state index contributed by atoms with van der Waals surface area (Å²) in [7, 11) is 0. The number of thioether (sulfide) groups is 1. The van der Waals surface area contributed by atoms with Crippen LogP contribution in [0, 0.1) is 10.1 Å². The molecule has 3 aromatic rings. The van der Waals surface area contributed by atoms with Crippen molar-refractivity contribution >= 4 is 56.6 Å². The van der Waals surface area contributed by atoms with Crippen molar-refractivity contribution < 1.29 is 9.72 Å². The zero-order valence-electron chi connectivity index (χ0n) is 15.4. The van der Waals surface area contributed by atoms with Gasteiger partial charge in [-0.25, -0.2) is 0 Å². The quantitative estimate of drug-likeness (QED) is 0.194. The highest BCUT2D eigenvalue weighted by Crippen LogP contribution is 2.28. The van der Waals surface area contributed by atoms with Gasteiger partial charge < -0.3 is 5.32 Å². The second kappa shape index (κ2) is 9.88. The van der Waals surface area contributed by atoms with E-state index in [0.717, 1.165) is 5.56 Å². The Kier molecular flexibility index (Phi) is 7.24. The van der Waals surface area contributed by atoms with E-state index in [2.05, 4.69) is 38.0 Å². The van der Waals surface area contributed by atoms with Gasteiger partial charge in [-0.3, -0.25) is 19.5 Å². The summed E-state index contributed by atoms with van der Waals surface area (Å²) in [6, 6.07) is 11.4. The Morgan fingerprint density at radius 3 is 2.67 bits per heavy atom. The van der Waals surface area contributed by atoms with Crippen LogP contribution in [0.1, 0.15) is 0 Å². The number of rotatable bonds is 8. The molecule has 0 radical (unpaired) electrons. The average molecular weight is 509 g/mol. The molecule has 0 saturated heterocycles. The Morgan fingerprint density at radius 1 is 1.30 bits per heavy atom. The lowest BCUT2D eigenvalue weighted by Crippen LogP contribution is -2.15. The van der Waals surface area contributed by atoms with Gasteiger partial charge in [-0.2, -0.15) is 0 Å². The summed E-state index contributed by atoms with van der Waals surface area (Å²) >= 11 is 10.4. The number of allylic oxidation sites excluding steroid dienone is 1. The Balaban J connectivity index is 1.71. The van der Waals surface area contributed by atoms with Crippen LogP contribution in [0.15, 0.2) is 64.7 Å². The van der Waals surface area contributed by atoms with Gasteiger partial charge in [-0.15, -0.1) is 16.8 Å². The minimum Gasteiger partial charge on any atom is -0.324 e. The van der Waals surface area contributed by atoms with Crippen LogP contribution in [0.2, 0.25) is 5.02 Å². The van der Waals surface area contributed by atoms with E-state index >= 15 is 0 Å². The number of anilines is 1. The third-order valence-electron chi connectivity index (χ3n) is 3.90. The highest BCUT2D eigenvalue weighted by molar-refractivity contribution is 9.10. The summed E-state index contributed by atoms with van der Waals surface area (Å²) in [5.74, 6) is 0.447. The van der Waals surface area contributed by atoms with Crippen molar-refractivity contribution in [3.05, 3.63) is 74.7 Å². The fourth-order valence-corrected chi connectivity index (χ4v) is 3.88. The summed E-state index contributed by atoms with van der Waals surface area (Å²) in [6.45, 7) is 4.24. The first kappa shape index (κ1) is 22.0. The minimum atomic E-state index is -0.503. The molecule has 0 aliphatic rings. The molecule has 0 atom stereocenters. The van der Waals surface area contributed by atoms with Crippen LogP contribution in [0.5, 0.6) is 0 Å². The van der Waals surface area contributed by atoms with E-state index in [1.807, 2.05) is 16.7 Å². The van der Waals surface area contributed by atoms with Gasteiger partial charge in [0.25, 0.3) is 5.69 Å². The number of benzene rings is 2. The smallest absolute Gasteiger partial charge is 0.270 e. The van der Waals surface area contributed by atoms with Crippen molar-refractivity contribution in [2.24, 2.45) is 0 Å². The number of aromatic nitrogens is 3. The molecule has 1 N–H and O–H groups in total. The number of amides is 1. The summed E-state index contributed by atoms with van der Waals surface area (Å²) in [6.07, 6.45) is 1.72. The number of non-ortho nitro benzene ring substituents is 1. The van der Waals surface area contributed by atoms with Crippen molar-refractivity contribution in [3.8, 4) is 11.4 Å². The van der Waals surface area contributed by atoms with E-state index in [0.29, 0.717) is 32.7 Å². The fourth-order valence-electron chi connectivity index (χ4n) is 2.54. The molecule has 1 aromatic heterocycles. The Hall–Kier alpha value is -2.69.